The Hall–Kier alpha value is -3.43. The van der Waals surface area contributed by atoms with E-state index in [0.29, 0.717) is 23.5 Å². The molecule has 1 aliphatic heterocycles. The number of carbonyl (C=O) groups excluding carboxylic acids is 1. The van der Waals surface area contributed by atoms with Crippen LogP contribution in [-0.4, -0.2) is 48.8 Å². The molecule has 1 atom stereocenters. The van der Waals surface area contributed by atoms with Crippen LogP contribution in [0.5, 0.6) is 5.75 Å². The lowest BCUT2D eigenvalue weighted by molar-refractivity contribution is 0.159. The van der Waals surface area contributed by atoms with Crippen LogP contribution in [0, 0.1) is 0 Å². The van der Waals surface area contributed by atoms with E-state index in [2.05, 4.69) is 4.98 Å². The fourth-order valence-corrected chi connectivity index (χ4v) is 6.18. The summed E-state index contributed by atoms with van der Waals surface area (Å²) >= 11 is 0. The predicted molar refractivity (Wildman–Crippen MR) is 137 cm³/mol. The summed E-state index contributed by atoms with van der Waals surface area (Å²) < 4.78 is 32.9. The Morgan fingerprint density at radius 3 is 2.39 bits per heavy atom. The normalized spacial score (nSPS) is 20.1. The lowest BCUT2D eigenvalue weighted by atomic mass is 9.97. The van der Waals surface area contributed by atoms with E-state index < -0.39 is 21.7 Å². The van der Waals surface area contributed by atoms with Crippen molar-refractivity contribution in [2.24, 2.45) is 5.73 Å². The van der Waals surface area contributed by atoms with Gasteiger partial charge in [-0.05, 0) is 65.6 Å². The number of sulfonamides is 1. The second kappa shape index (κ2) is 9.55. The number of nitrogens with zero attached hydrogens (tertiary/aromatic N) is 3. The molecule has 0 spiro atoms. The Morgan fingerprint density at radius 1 is 1.06 bits per heavy atom. The van der Waals surface area contributed by atoms with Gasteiger partial charge in [-0.25, -0.2) is 17.5 Å². The molecule has 2 fully saturated rings. The van der Waals surface area contributed by atoms with E-state index in [1.54, 1.807) is 25.4 Å². The van der Waals surface area contributed by atoms with E-state index in [1.807, 2.05) is 48.5 Å². The molecule has 3 aromatic rings. The summed E-state index contributed by atoms with van der Waals surface area (Å²) in [5.41, 5.74) is 9.10. The first kappa shape index (κ1) is 24.3. The van der Waals surface area contributed by atoms with Crippen LogP contribution in [0.3, 0.4) is 0 Å². The quantitative estimate of drug-likeness (QED) is 0.476. The molecule has 1 unspecified atom stereocenters. The molecule has 1 saturated carbocycles. The standard InChI is InChI=1S/C27H30N4O4S/c1-35-25-12-4-20(5-13-25)14-16-30-26(32)31(36(33,34)18-21-3-2-15-29-17-21)19-27(30,28)24-10-8-23(9-11-24)22-6-7-22/h2-5,8-13,15,17,22H,6-7,14,16,18-19,28H2,1H3. The molecule has 2 aromatic carbocycles. The topological polar surface area (TPSA) is 106 Å². The third-order valence-corrected chi connectivity index (χ3v) is 8.62. The van der Waals surface area contributed by atoms with E-state index in [1.165, 1.54) is 29.5 Å². The van der Waals surface area contributed by atoms with Crippen molar-refractivity contribution in [3.63, 3.8) is 0 Å². The average Bonchev–Trinajstić information content (AvgIpc) is 3.70. The van der Waals surface area contributed by atoms with Gasteiger partial charge in [0.05, 0.1) is 19.4 Å². The Balaban J connectivity index is 1.44. The van der Waals surface area contributed by atoms with Gasteiger partial charge in [-0.1, -0.05) is 42.5 Å². The van der Waals surface area contributed by atoms with Crippen molar-refractivity contribution < 1.29 is 17.9 Å². The van der Waals surface area contributed by atoms with Gasteiger partial charge >= 0.3 is 6.03 Å². The number of pyridine rings is 1. The number of urea groups is 1. The van der Waals surface area contributed by atoms with Crippen molar-refractivity contribution in [1.82, 2.24) is 14.2 Å². The molecule has 2 N–H and O–H groups in total. The third kappa shape index (κ3) is 4.81. The maximum atomic E-state index is 13.6. The zero-order valence-corrected chi connectivity index (χ0v) is 21.0. The van der Waals surface area contributed by atoms with Gasteiger partial charge in [0.25, 0.3) is 0 Å². The van der Waals surface area contributed by atoms with E-state index in [-0.39, 0.29) is 18.8 Å². The number of hydrogen-bond acceptors (Lipinski definition) is 6. The van der Waals surface area contributed by atoms with Crippen LogP contribution < -0.4 is 10.5 Å². The van der Waals surface area contributed by atoms with Crippen molar-refractivity contribution in [2.45, 2.75) is 36.6 Å². The van der Waals surface area contributed by atoms with Gasteiger partial charge in [0.15, 0.2) is 0 Å². The number of nitrogens with two attached hydrogens (primary N) is 1. The molecule has 1 aliphatic carbocycles. The van der Waals surface area contributed by atoms with E-state index in [9.17, 15) is 13.2 Å². The summed E-state index contributed by atoms with van der Waals surface area (Å²) in [4.78, 5) is 19.1. The SMILES string of the molecule is COc1ccc(CCN2C(=O)N(S(=O)(=O)Cc3cccnc3)CC2(N)c2ccc(C3CC3)cc2)cc1. The summed E-state index contributed by atoms with van der Waals surface area (Å²) in [5, 5.41) is 0. The fourth-order valence-electron chi connectivity index (χ4n) is 4.70. The first-order valence-electron chi connectivity index (χ1n) is 12.0. The van der Waals surface area contributed by atoms with Crippen molar-refractivity contribution in [2.75, 3.05) is 20.2 Å². The van der Waals surface area contributed by atoms with Crippen molar-refractivity contribution >= 4 is 16.1 Å². The minimum Gasteiger partial charge on any atom is -0.497 e. The highest BCUT2D eigenvalue weighted by molar-refractivity contribution is 7.88. The number of ether oxygens (including phenoxy) is 1. The van der Waals surface area contributed by atoms with Crippen LogP contribution in [0.15, 0.2) is 73.1 Å². The van der Waals surface area contributed by atoms with Gasteiger partial charge in [-0.2, -0.15) is 0 Å². The maximum absolute atomic E-state index is 13.6. The van der Waals surface area contributed by atoms with Crippen LogP contribution in [0.25, 0.3) is 0 Å². The molecule has 2 aliphatic rings. The van der Waals surface area contributed by atoms with Gasteiger partial charge in [0, 0.05) is 18.9 Å². The highest BCUT2D eigenvalue weighted by Gasteiger charge is 2.52. The molecule has 0 radical (unpaired) electrons. The summed E-state index contributed by atoms with van der Waals surface area (Å²) in [5.74, 6) is 1.00. The van der Waals surface area contributed by atoms with Gasteiger partial charge in [0.2, 0.25) is 10.0 Å². The lowest BCUT2D eigenvalue weighted by Gasteiger charge is -2.33. The monoisotopic (exact) mass is 506 g/mol. The van der Waals surface area contributed by atoms with Crippen LogP contribution in [0.4, 0.5) is 4.79 Å². The maximum Gasteiger partial charge on any atom is 0.335 e. The summed E-state index contributed by atoms with van der Waals surface area (Å²) in [7, 11) is -2.37. The van der Waals surface area contributed by atoms with E-state index >= 15 is 0 Å². The zero-order valence-electron chi connectivity index (χ0n) is 20.2. The number of benzene rings is 2. The number of methoxy groups -OCH3 is 1. The zero-order chi connectivity index (χ0) is 25.3. The second-order valence-electron chi connectivity index (χ2n) is 9.48. The third-order valence-electron chi connectivity index (χ3n) is 6.96. The fraction of sp³-hybridized carbons (Fsp3) is 0.333. The number of aromatic nitrogens is 1. The summed E-state index contributed by atoms with van der Waals surface area (Å²) in [6, 6.07) is 18.3. The van der Waals surface area contributed by atoms with Gasteiger partial charge < -0.3 is 10.5 Å². The van der Waals surface area contributed by atoms with Gasteiger partial charge in [0.1, 0.15) is 11.4 Å². The van der Waals surface area contributed by atoms with Crippen LogP contribution in [0.2, 0.25) is 0 Å². The second-order valence-corrected chi connectivity index (χ2v) is 11.4. The van der Waals surface area contributed by atoms with Crippen LogP contribution in [0.1, 0.15) is 41.0 Å². The molecule has 1 aromatic heterocycles. The van der Waals surface area contributed by atoms with Gasteiger partial charge in [-0.3, -0.25) is 9.88 Å². The molecule has 0 bridgehead atoms. The number of hydrogen-bond donors (Lipinski definition) is 1. The molecule has 188 valence electrons. The van der Waals surface area contributed by atoms with Crippen molar-refractivity contribution in [3.05, 3.63) is 95.3 Å². The smallest absolute Gasteiger partial charge is 0.335 e. The minimum absolute atomic E-state index is 0.153. The minimum atomic E-state index is -3.97. The first-order chi connectivity index (χ1) is 17.3. The van der Waals surface area contributed by atoms with E-state index in [4.69, 9.17) is 10.5 Å². The highest BCUT2D eigenvalue weighted by Crippen LogP contribution is 2.41. The van der Waals surface area contributed by atoms with Crippen LogP contribution in [-0.2, 0) is 27.9 Å². The van der Waals surface area contributed by atoms with Gasteiger partial charge in [-0.15, -0.1) is 0 Å². The molecule has 36 heavy (non-hydrogen) atoms. The van der Waals surface area contributed by atoms with Crippen molar-refractivity contribution in [1.29, 1.82) is 0 Å². The Bertz CT molecular complexity index is 1330. The number of rotatable bonds is 9. The largest absolute Gasteiger partial charge is 0.497 e. The molecule has 2 amide bonds. The lowest BCUT2D eigenvalue weighted by Crippen LogP contribution is -2.52. The average molecular weight is 507 g/mol. The Labute approximate surface area is 211 Å². The van der Waals surface area contributed by atoms with Crippen molar-refractivity contribution in [3.8, 4) is 5.75 Å². The molecular weight excluding hydrogens is 476 g/mol. The molecule has 1 saturated heterocycles. The predicted octanol–water partition coefficient (Wildman–Crippen LogP) is 3.59. The number of amides is 2. The first-order valence-corrected chi connectivity index (χ1v) is 13.6. The molecule has 8 nitrogen and oxygen atoms in total. The Kier molecular flexibility index (Phi) is 6.44. The molecule has 2 heterocycles. The van der Waals surface area contributed by atoms with E-state index in [0.717, 1.165) is 15.6 Å². The highest BCUT2D eigenvalue weighted by atomic mass is 32.2. The number of carbonyl (C=O) groups is 1. The van der Waals surface area contributed by atoms with Crippen LogP contribution >= 0.6 is 0 Å². The molecular formula is C27H30N4O4S. The summed E-state index contributed by atoms with van der Waals surface area (Å²) in [6.07, 6.45) is 5.95. The summed E-state index contributed by atoms with van der Waals surface area (Å²) in [6.45, 7) is 0.116. The molecule has 9 heteroatoms. The Morgan fingerprint density at radius 2 is 1.78 bits per heavy atom. The molecule has 5 rings (SSSR count).